The lowest BCUT2D eigenvalue weighted by atomic mass is 9.99. The molecule has 6 nitrogen and oxygen atoms in total. The van der Waals surface area contributed by atoms with E-state index < -0.39 is 23.3 Å². The number of carbonyl (C=O) groups is 3. The highest BCUT2D eigenvalue weighted by Crippen LogP contribution is 2.11. The second-order valence-electron chi connectivity index (χ2n) is 4.54. The molecule has 0 saturated carbocycles. The molecule has 6 heteroatoms. The largest absolute Gasteiger partial charge is 0.478 e. The van der Waals surface area contributed by atoms with Gasteiger partial charge in [-0.1, -0.05) is 0 Å². The van der Waals surface area contributed by atoms with Gasteiger partial charge in [-0.3, -0.25) is 9.59 Å². The zero-order valence-corrected chi connectivity index (χ0v) is 10.5. The molecule has 0 rings (SSSR count). The minimum Gasteiger partial charge on any atom is -0.478 e. The standard InChI is InChI=1S/C11H18N2O4/c1-6(7(2)10(16)17)9(15)13-11(3,4)5-8(12)14/h5H2,1-4H3,(H2,12,14)(H,13,15)(H,16,17). The molecule has 0 unspecified atom stereocenters. The molecule has 4 N–H and O–H groups in total. The minimum absolute atomic E-state index is 0.0157. The normalized spacial score (nSPS) is 12.7. The number of aliphatic carboxylic acids is 1. The third-order valence-corrected chi connectivity index (χ3v) is 2.29. The van der Waals surface area contributed by atoms with Crippen molar-refractivity contribution in [3.8, 4) is 0 Å². The number of hydrogen-bond donors (Lipinski definition) is 3. The van der Waals surface area contributed by atoms with Gasteiger partial charge in [-0.25, -0.2) is 4.79 Å². The van der Waals surface area contributed by atoms with Crippen LogP contribution in [0.1, 0.15) is 34.1 Å². The molecule has 0 bridgehead atoms. The van der Waals surface area contributed by atoms with Gasteiger partial charge in [0.1, 0.15) is 0 Å². The fourth-order valence-electron chi connectivity index (χ4n) is 1.21. The van der Waals surface area contributed by atoms with Gasteiger partial charge < -0.3 is 16.2 Å². The Morgan fingerprint density at radius 2 is 1.65 bits per heavy atom. The third kappa shape index (κ3) is 5.14. The van der Waals surface area contributed by atoms with Crippen LogP contribution in [0.5, 0.6) is 0 Å². The summed E-state index contributed by atoms with van der Waals surface area (Å²) < 4.78 is 0. The Bertz CT molecular complexity index is 383. The van der Waals surface area contributed by atoms with Crippen molar-refractivity contribution in [2.24, 2.45) is 5.73 Å². The Balaban J connectivity index is 4.82. The van der Waals surface area contributed by atoms with Crippen LogP contribution in [0.15, 0.2) is 11.1 Å². The number of carboxylic acids is 1. The van der Waals surface area contributed by atoms with Gasteiger partial charge in [0.05, 0.1) is 0 Å². The van der Waals surface area contributed by atoms with Crippen LogP contribution in [0.25, 0.3) is 0 Å². The van der Waals surface area contributed by atoms with Crippen LogP contribution in [0.2, 0.25) is 0 Å². The average molecular weight is 242 g/mol. The molecule has 0 aromatic rings. The first-order valence-electron chi connectivity index (χ1n) is 5.08. The Morgan fingerprint density at radius 1 is 1.18 bits per heavy atom. The number of nitrogens with one attached hydrogen (secondary N) is 1. The molecule has 0 aromatic carbocycles. The highest BCUT2D eigenvalue weighted by Gasteiger charge is 2.24. The highest BCUT2D eigenvalue weighted by molar-refractivity contribution is 6.01. The monoisotopic (exact) mass is 242 g/mol. The number of nitrogens with two attached hydrogens (primary N) is 1. The van der Waals surface area contributed by atoms with Gasteiger partial charge in [0.2, 0.25) is 11.8 Å². The van der Waals surface area contributed by atoms with Crippen molar-refractivity contribution in [1.29, 1.82) is 0 Å². The predicted octanol–water partition coefficient (Wildman–Crippen LogP) is 0.178. The van der Waals surface area contributed by atoms with Crippen LogP contribution in [-0.2, 0) is 14.4 Å². The molecule has 0 fully saturated rings. The Labute approximate surface area is 99.9 Å². The van der Waals surface area contributed by atoms with E-state index in [1.165, 1.54) is 13.8 Å². The predicted molar refractivity (Wildman–Crippen MR) is 62.0 cm³/mol. The lowest BCUT2D eigenvalue weighted by Crippen LogP contribution is -2.46. The summed E-state index contributed by atoms with van der Waals surface area (Å²) in [4.78, 5) is 33.2. The summed E-state index contributed by atoms with van der Waals surface area (Å²) in [6, 6.07) is 0. The van der Waals surface area contributed by atoms with Crippen LogP contribution in [0.4, 0.5) is 0 Å². The third-order valence-electron chi connectivity index (χ3n) is 2.29. The van der Waals surface area contributed by atoms with Gasteiger partial charge in [0.15, 0.2) is 0 Å². The molecule has 0 saturated heterocycles. The van der Waals surface area contributed by atoms with Crippen LogP contribution >= 0.6 is 0 Å². The quantitative estimate of drug-likeness (QED) is 0.597. The molecule has 0 atom stereocenters. The first kappa shape index (κ1) is 15.2. The zero-order valence-electron chi connectivity index (χ0n) is 10.5. The summed E-state index contributed by atoms with van der Waals surface area (Å²) in [7, 11) is 0. The van der Waals surface area contributed by atoms with Gasteiger partial charge in [-0.15, -0.1) is 0 Å². The van der Waals surface area contributed by atoms with Crippen LogP contribution in [0, 0.1) is 0 Å². The summed E-state index contributed by atoms with van der Waals surface area (Å²) in [6.07, 6.45) is -0.0157. The first-order valence-corrected chi connectivity index (χ1v) is 5.08. The van der Waals surface area contributed by atoms with Crippen molar-refractivity contribution < 1.29 is 19.5 Å². The van der Waals surface area contributed by atoms with E-state index in [4.69, 9.17) is 10.8 Å². The van der Waals surface area contributed by atoms with Gasteiger partial charge in [0.25, 0.3) is 0 Å². The van der Waals surface area contributed by atoms with E-state index in [9.17, 15) is 14.4 Å². The lowest BCUT2D eigenvalue weighted by molar-refractivity contribution is -0.133. The molecule has 0 spiro atoms. The SMILES string of the molecule is CC(C(=O)O)=C(C)C(=O)NC(C)(C)CC(N)=O. The molecule has 96 valence electrons. The molecular formula is C11H18N2O4. The molecular weight excluding hydrogens is 224 g/mol. The topological polar surface area (TPSA) is 109 Å². The Kier molecular flexibility index (Phi) is 4.87. The number of rotatable bonds is 5. The van der Waals surface area contributed by atoms with Gasteiger partial charge in [0, 0.05) is 23.1 Å². The van der Waals surface area contributed by atoms with Gasteiger partial charge in [-0.2, -0.15) is 0 Å². The minimum atomic E-state index is -1.15. The molecule has 2 amide bonds. The van der Waals surface area contributed by atoms with E-state index in [1.807, 2.05) is 0 Å². The number of carboxylic acid groups (broad SMARTS) is 1. The fourth-order valence-corrected chi connectivity index (χ4v) is 1.21. The lowest BCUT2D eigenvalue weighted by Gasteiger charge is -2.25. The van der Waals surface area contributed by atoms with Gasteiger partial charge in [-0.05, 0) is 27.7 Å². The van der Waals surface area contributed by atoms with E-state index in [2.05, 4.69) is 5.32 Å². The number of carbonyl (C=O) groups excluding carboxylic acids is 2. The van der Waals surface area contributed by atoms with Crippen molar-refractivity contribution >= 4 is 17.8 Å². The molecule has 0 aliphatic rings. The van der Waals surface area contributed by atoms with E-state index in [0.29, 0.717) is 0 Å². The average Bonchev–Trinajstić information content (AvgIpc) is 2.11. The van der Waals surface area contributed by atoms with E-state index >= 15 is 0 Å². The second kappa shape index (κ2) is 5.47. The summed E-state index contributed by atoms with van der Waals surface area (Å²) in [5, 5.41) is 11.3. The van der Waals surface area contributed by atoms with Crippen molar-refractivity contribution in [2.75, 3.05) is 0 Å². The second-order valence-corrected chi connectivity index (χ2v) is 4.54. The summed E-state index contributed by atoms with van der Waals surface area (Å²) in [5.74, 6) is -2.20. The smallest absolute Gasteiger partial charge is 0.331 e. The van der Waals surface area contributed by atoms with Gasteiger partial charge >= 0.3 is 5.97 Å². The number of hydrogen-bond acceptors (Lipinski definition) is 3. The molecule has 0 aliphatic heterocycles. The van der Waals surface area contributed by atoms with Crippen molar-refractivity contribution in [2.45, 2.75) is 39.7 Å². The maximum Gasteiger partial charge on any atom is 0.331 e. The van der Waals surface area contributed by atoms with E-state index in [1.54, 1.807) is 13.8 Å². The number of amides is 2. The fraction of sp³-hybridized carbons (Fsp3) is 0.545. The van der Waals surface area contributed by atoms with Crippen LogP contribution < -0.4 is 11.1 Å². The Hall–Kier alpha value is -1.85. The van der Waals surface area contributed by atoms with E-state index in [-0.39, 0.29) is 17.6 Å². The Morgan fingerprint density at radius 3 is 2.00 bits per heavy atom. The highest BCUT2D eigenvalue weighted by atomic mass is 16.4. The molecule has 0 heterocycles. The molecule has 17 heavy (non-hydrogen) atoms. The summed E-state index contributed by atoms with van der Waals surface area (Å²) in [5.41, 5.74) is 4.32. The first-order chi connectivity index (χ1) is 7.57. The van der Waals surface area contributed by atoms with Crippen molar-refractivity contribution in [3.05, 3.63) is 11.1 Å². The maximum absolute atomic E-state index is 11.7. The summed E-state index contributed by atoms with van der Waals surface area (Å²) in [6.45, 7) is 6.04. The molecule has 0 aliphatic carbocycles. The summed E-state index contributed by atoms with van der Waals surface area (Å²) >= 11 is 0. The zero-order chi connectivity index (χ0) is 13.8. The van der Waals surface area contributed by atoms with Crippen LogP contribution in [-0.4, -0.2) is 28.4 Å². The molecule has 0 aromatic heterocycles. The van der Waals surface area contributed by atoms with Crippen molar-refractivity contribution in [3.63, 3.8) is 0 Å². The number of primary amides is 1. The van der Waals surface area contributed by atoms with E-state index in [0.717, 1.165) is 0 Å². The van der Waals surface area contributed by atoms with Crippen LogP contribution in [0.3, 0.4) is 0 Å². The maximum atomic E-state index is 11.7. The van der Waals surface area contributed by atoms with Crippen molar-refractivity contribution in [1.82, 2.24) is 5.32 Å². The molecule has 0 radical (unpaired) electrons.